The predicted molar refractivity (Wildman–Crippen MR) is 167 cm³/mol. The van der Waals surface area contributed by atoms with Crippen molar-refractivity contribution in [2.45, 2.75) is 12.1 Å². The van der Waals surface area contributed by atoms with E-state index in [1.165, 1.54) is 11.1 Å². The Kier molecular flexibility index (Phi) is 8.61. The summed E-state index contributed by atoms with van der Waals surface area (Å²) >= 11 is 0. The van der Waals surface area contributed by atoms with Crippen molar-refractivity contribution in [1.82, 2.24) is 14.8 Å². The third kappa shape index (κ3) is 6.39. The summed E-state index contributed by atoms with van der Waals surface area (Å²) in [5, 5.41) is 14.8. The molecule has 1 unspecified atom stereocenters. The number of nitrogens with zero attached hydrogens (tertiary/aromatic N) is 2. The fourth-order valence-corrected chi connectivity index (χ4v) is 5.79. The number of rotatable bonds is 10. The van der Waals surface area contributed by atoms with E-state index in [2.05, 4.69) is 80.8 Å². The zero-order chi connectivity index (χ0) is 28.7. The van der Waals surface area contributed by atoms with E-state index in [-0.39, 0.29) is 18.6 Å². The van der Waals surface area contributed by atoms with Crippen molar-refractivity contribution in [2.24, 2.45) is 0 Å². The number of anilines is 1. The molecular formula is C35H36N4O3. The number of hydrogen-bond acceptors (Lipinski definition) is 5. The van der Waals surface area contributed by atoms with Gasteiger partial charge in [0.1, 0.15) is 18.5 Å². The second kappa shape index (κ2) is 13.0. The third-order valence-electron chi connectivity index (χ3n) is 7.88. The summed E-state index contributed by atoms with van der Waals surface area (Å²) in [6, 6.07) is 36.3. The fourth-order valence-electron chi connectivity index (χ4n) is 5.79. The van der Waals surface area contributed by atoms with Crippen molar-refractivity contribution >= 4 is 22.5 Å². The minimum absolute atomic E-state index is 0.106. The molecule has 3 N–H and O–H groups in total. The Hall–Kier alpha value is -4.43. The number of piperazine rings is 1. The topological polar surface area (TPSA) is 80.8 Å². The van der Waals surface area contributed by atoms with Crippen LogP contribution in [0.25, 0.3) is 10.9 Å². The summed E-state index contributed by atoms with van der Waals surface area (Å²) in [6.07, 6.45) is 1.17. The van der Waals surface area contributed by atoms with Crippen LogP contribution in [0.15, 0.2) is 115 Å². The van der Waals surface area contributed by atoms with Gasteiger partial charge in [0, 0.05) is 49.8 Å². The summed E-state index contributed by atoms with van der Waals surface area (Å²) in [5.74, 6) is 0.199. The Morgan fingerprint density at radius 1 is 0.810 bits per heavy atom. The van der Waals surface area contributed by atoms with Gasteiger partial charge in [-0.3, -0.25) is 14.6 Å². The van der Waals surface area contributed by atoms with Crippen LogP contribution in [-0.4, -0.2) is 71.2 Å². The molecule has 1 saturated heterocycles. The number of aliphatic hydroxyl groups is 1. The summed E-state index contributed by atoms with van der Waals surface area (Å²) in [7, 11) is 0. The lowest BCUT2D eigenvalue weighted by molar-refractivity contribution is 0.0398. The number of amides is 1. The van der Waals surface area contributed by atoms with Crippen LogP contribution < -0.4 is 10.1 Å². The first kappa shape index (κ1) is 27.7. The molecule has 7 nitrogen and oxygen atoms in total. The summed E-state index contributed by atoms with van der Waals surface area (Å²) < 4.78 is 5.99. The molecule has 214 valence electrons. The van der Waals surface area contributed by atoms with Crippen LogP contribution in [0, 0.1) is 0 Å². The Morgan fingerprint density at radius 3 is 2.19 bits per heavy atom. The van der Waals surface area contributed by atoms with Crippen LogP contribution in [0.5, 0.6) is 5.75 Å². The molecule has 0 aliphatic carbocycles. The molecule has 1 amide bonds. The lowest BCUT2D eigenvalue weighted by Crippen LogP contribution is -2.50. The number of H-pyrrole nitrogens is 1. The summed E-state index contributed by atoms with van der Waals surface area (Å²) in [5.41, 5.74) is 4.70. The number of aliphatic hydroxyl groups excluding tert-OH is 1. The van der Waals surface area contributed by atoms with E-state index >= 15 is 0 Å². The number of carbonyl (C=O) groups excluding carboxylic acids is 1. The Bertz CT molecular complexity index is 1560. The SMILES string of the molecule is O=C(Nc1cccc2[nH]ccc12)c1ccccc1OCC(O)CN1CCN(C(c2ccccc2)c2ccccc2)CC1. The first-order valence-corrected chi connectivity index (χ1v) is 14.5. The summed E-state index contributed by atoms with van der Waals surface area (Å²) in [4.78, 5) is 21.1. The normalized spacial score (nSPS) is 15.1. The molecule has 2 heterocycles. The molecule has 1 fully saturated rings. The molecule has 5 aromatic rings. The summed E-state index contributed by atoms with van der Waals surface area (Å²) in [6.45, 7) is 4.14. The van der Waals surface area contributed by atoms with Crippen LogP contribution in [0.1, 0.15) is 27.5 Å². The molecule has 1 atom stereocenters. The average molecular weight is 561 g/mol. The second-order valence-corrected chi connectivity index (χ2v) is 10.7. The van der Waals surface area contributed by atoms with Crippen LogP contribution >= 0.6 is 0 Å². The van der Waals surface area contributed by atoms with Crippen LogP contribution in [0.4, 0.5) is 5.69 Å². The van der Waals surface area contributed by atoms with Gasteiger partial charge in [0.25, 0.3) is 5.91 Å². The zero-order valence-corrected chi connectivity index (χ0v) is 23.5. The highest BCUT2D eigenvalue weighted by Gasteiger charge is 2.27. The van der Waals surface area contributed by atoms with Crippen molar-refractivity contribution in [3.63, 3.8) is 0 Å². The molecule has 0 bridgehead atoms. The van der Waals surface area contributed by atoms with E-state index in [9.17, 15) is 9.90 Å². The van der Waals surface area contributed by atoms with E-state index in [1.807, 2.05) is 42.6 Å². The van der Waals surface area contributed by atoms with Gasteiger partial charge >= 0.3 is 0 Å². The highest BCUT2D eigenvalue weighted by Crippen LogP contribution is 2.30. The maximum Gasteiger partial charge on any atom is 0.259 e. The smallest absolute Gasteiger partial charge is 0.259 e. The second-order valence-electron chi connectivity index (χ2n) is 10.7. The zero-order valence-electron chi connectivity index (χ0n) is 23.5. The molecule has 0 spiro atoms. The lowest BCUT2D eigenvalue weighted by Gasteiger charge is -2.40. The monoisotopic (exact) mass is 560 g/mol. The third-order valence-corrected chi connectivity index (χ3v) is 7.88. The van der Waals surface area contributed by atoms with Gasteiger partial charge < -0.3 is 20.1 Å². The molecule has 0 radical (unpaired) electrons. The highest BCUT2D eigenvalue weighted by molar-refractivity contribution is 6.10. The van der Waals surface area contributed by atoms with E-state index in [4.69, 9.17) is 4.74 Å². The van der Waals surface area contributed by atoms with Gasteiger partial charge in [-0.05, 0) is 41.5 Å². The van der Waals surface area contributed by atoms with Crippen LogP contribution in [0.3, 0.4) is 0 Å². The van der Waals surface area contributed by atoms with E-state index in [0.29, 0.717) is 17.9 Å². The van der Waals surface area contributed by atoms with Crippen molar-refractivity contribution in [3.05, 3.63) is 132 Å². The van der Waals surface area contributed by atoms with Crippen molar-refractivity contribution < 1.29 is 14.6 Å². The number of para-hydroxylation sites is 1. The van der Waals surface area contributed by atoms with Gasteiger partial charge in [-0.2, -0.15) is 0 Å². The largest absolute Gasteiger partial charge is 0.490 e. The number of carbonyl (C=O) groups is 1. The van der Waals surface area contributed by atoms with Crippen molar-refractivity contribution in [3.8, 4) is 5.75 Å². The van der Waals surface area contributed by atoms with Gasteiger partial charge in [-0.25, -0.2) is 0 Å². The predicted octanol–water partition coefficient (Wildman–Crippen LogP) is 5.57. The molecule has 7 heteroatoms. The standard InChI is InChI=1S/C35H36N4O3/c40-28(24-38-20-22-39(23-21-38)34(26-10-3-1-4-11-26)27-12-5-2-6-13-27)25-42-33-17-8-7-14-30(33)35(41)37-32-16-9-15-31-29(32)18-19-36-31/h1-19,28,34,36,40H,20-25H2,(H,37,41). The molecule has 1 aliphatic heterocycles. The molecule has 1 aliphatic rings. The molecule has 1 aromatic heterocycles. The number of aromatic nitrogens is 1. The Morgan fingerprint density at radius 2 is 1.48 bits per heavy atom. The molecule has 6 rings (SSSR count). The van der Waals surface area contributed by atoms with Gasteiger partial charge in [0.2, 0.25) is 0 Å². The van der Waals surface area contributed by atoms with Gasteiger partial charge in [0.05, 0.1) is 17.3 Å². The number of benzene rings is 4. The van der Waals surface area contributed by atoms with Crippen molar-refractivity contribution in [2.75, 3.05) is 44.6 Å². The van der Waals surface area contributed by atoms with Gasteiger partial charge in [-0.15, -0.1) is 0 Å². The number of nitrogens with one attached hydrogen (secondary N) is 2. The first-order valence-electron chi connectivity index (χ1n) is 14.5. The number of β-amino-alcohol motifs (C(OH)–C–C–N with tert-alkyl or cyclic N) is 1. The van der Waals surface area contributed by atoms with Gasteiger partial charge in [-0.1, -0.05) is 78.9 Å². The average Bonchev–Trinajstić information content (AvgIpc) is 3.52. The lowest BCUT2D eigenvalue weighted by atomic mass is 9.96. The van der Waals surface area contributed by atoms with E-state index < -0.39 is 6.10 Å². The molecule has 4 aromatic carbocycles. The highest BCUT2D eigenvalue weighted by atomic mass is 16.5. The molecule has 42 heavy (non-hydrogen) atoms. The minimum Gasteiger partial charge on any atom is -0.490 e. The number of aromatic amines is 1. The quantitative estimate of drug-likeness (QED) is 0.208. The van der Waals surface area contributed by atoms with E-state index in [0.717, 1.165) is 42.8 Å². The molecule has 0 saturated carbocycles. The number of fused-ring (bicyclic) bond motifs is 1. The maximum absolute atomic E-state index is 13.2. The first-order chi connectivity index (χ1) is 20.7. The van der Waals surface area contributed by atoms with E-state index in [1.54, 1.807) is 12.1 Å². The van der Waals surface area contributed by atoms with Crippen LogP contribution in [-0.2, 0) is 0 Å². The maximum atomic E-state index is 13.2. The Labute approximate surface area is 246 Å². The number of hydrogen-bond donors (Lipinski definition) is 3. The Balaban J connectivity index is 1.04. The number of ether oxygens (including phenoxy) is 1. The van der Waals surface area contributed by atoms with Gasteiger partial charge in [0.15, 0.2) is 0 Å². The molecular weight excluding hydrogens is 524 g/mol. The fraction of sp³-hybridized carbons (Fsp3) is 0.229. The van der Waals surface area contributed by atoms with Crippen LogP contribution in [0.2, 0.25) is 0 Å². The van der Waals surface area contributed by atoms with Crippen molar-refractivity contribution in [1.29, 1.82) is 0 Å². The minimum atomic E-state index is -0.680.